The average molecular weight is 557 g/mol. The van der Waals surface area contributed by atoms with Crippen molar-refractivity contribution in [2.24, 2.45) is 0 Å². The zero-order valence-electron chi connectivity index (χ0n) is 24.8. The van der Waals surface area contributed by atoms with Crippen molar-refractivity contribution in [1.29, 1.82) is 0 Å². The molecule has 0 unspecified atom stereocenters. The molecular formula is C32H59FNO3S+. The Kier molecular flexibility index (Phi) is 21.0. The molecule has 0 radical (unpaired) electrons. The molecule has 1 aromatic heterocycles. The van der Waals surface area contributed by atoms with Crippen molar-refractivity contribution in [3.8, 4) is 0 Å². The Morgan fingerprint density at radius 1 is 0.605 bits per heavy atom. The van der Waals surface area contributed by atoms with Gasteiger partial charge in [-0.25, -0.2) is 4.55 Å². The van der Waals surface area contributed by atoms with Crippen molar-refractivity contribution in [2.45, 2.75) is 174 Å². The molecule has 0 aliphatic carbocycles. The van der Waals surface area contributed by atoms with E-state index in [2.05, 4.69) is 13.8 Å². The molecule has 0 atom stereocenters. The average Bonchev–Trinajstić information content (AvgIpc) is 2.88. The van der Waals surface area contributed by atoms with Crippen LogP contribution >= 0.6 is 0 Å². The second-order valence-corrected chi connectivity index (χ2v) is 12.6. The van der Waals surface area contributed by atoms with Crippen LogP contribution in [-0.4, -0.2) is 13.0 Å². The van der Waals surface area contributed by atoms with E-state index in [-0.39, 0.29) is 5.69 Å². The van der Waals surface area contributed by atoms with E-state index >= 15 is 4.39 Å². The van der Waals surface area contributed by atoms with Crippen LogP contribution in [-0.2, 0) is 23.1 Å². The third-order valence-electron chi connectivity index (χ3n) is 7.78. The van der Waals surface area contributed by atoms with Gasteiger partial charge in [-0.05, 0) is 19.3 Å². The van der Waals surface area contributed by atoms with E-state index in [1.54, 1.807) is 0 Å². The largest absolute Gasteiger partial charge is 0.511 e. The fourth-order valence-corrected chi connectivity index (χ4v) is 6.01. The molecule has 38 heavy (non-hydrogen) atoms. The van der Waals surface area contributed by atoms with Crippen LogP contribution in [0.3, 0.4) is 0 Å². The molecule has 0 bridgehead atoms. The van der Waals surface area contributed by atoms with E-state index < -0.39 is 16.1 Å². The van der Waals surface area contributed by atoms with E-state index in [9.17, 15) is 13.0 Å². The molecule has 1 rings (SSSR count). The third kappa shape index (κ3) is 16.8. The van der Waals surface area contributed by atoms with Gasteiger partial charge in [0, 0.05) is 18.1 Å². The van der Waals surface area contributed by atoms with Crippen molar-refractivity contribution < 1.29 is 21.3 Å². The summed E-state index contributed by atoms with van der Waals surface area (Å²) in [4.78, 5) is 0. The predicted molar refractivity (Wildman–Crippen MR) is 158 cm³/mol. The molecule has 0 saturated heterocycles. The quantitative estimate of drug-likeness (QED) is 0.0701. The SMILES string of the molecule is CCCCCCCCCCCCCCCCc1cc[n+](S(=O)(=O)O)c(CCCCCCCCCCC)c1F. The van der Waals surface area contributed by atoms with Crippen LogP contribution in [0.25, 0.3) is 0 Å². The minimum atomic E-state index is -4.51. The molecule has 6 heteroatoms. The standard InChI is InChI=1S/C32H58FNO3S/c1-3-5-7-9-11-13-14-15-16-17-19-20-22-24-26-30-28-29-34(38(35,36)37)31(32(30)33)27-25-23-21-18-12-10-8-6-4-2/h28-29H,3-27H2,1-2H3/p+1. The first kappa shape index (κ1) is 35.0. The maximum atomic E-state index is 15.3. The van der Waals surface area contributed by atoms with Crippen LogP contribution in [0.4, 0.5) is 4.39 Å². The van der Waals surface area contributed by atoms with Gasteiger partial charge < -0.3 is 0 Å². The summed E-state index contributed by atoms with van der Waals surface area (Å²) in [5, 5.41) is 0. The topological polar surface area (TPSA) is 58.2 Å². The number of aromatic nitrogens is 1. The van der Waals surface area contributed by atoms with E-state index in [1.807, 2.05) is 0 Å². The van der Waals surface area contributed by atoms with Crippen molar-refractivity contribution >= 4 is 10.3 Å². The smallest absolute Gasteiger partial charge is 0.233 e. The van der Waals surface area contributed by atoms with E-state index in [4.69, 9.17) is 0 Å². The van der Waals surface area contributed by atoms with Crippen LogP contribution in [0.2, 0.25) is 0 Å². The lowest BCUT2D eigenvalue weighted by Gasteiger charge is -2.08. The number of unbranched alkanes of at least 4 members (excludes halogenated alkanes) is 21. The molecule has 1 N–H and O–H groups in total. The normalized spacial score (nSPS) is 11.9. The first-order valence-electron chi connectivity index (χ1n) is 16.1. The number of pyridine rings is 1. The Bertz CT molecular complexity index is 813. The zero-order chi connectivity index (χ0) is 27.9. The minimum Gasteiger partial charge on any atom is -0.233 e. The monoisotopic (exact) mass is 556 g/mol. The molecule has 0 fully saturated rings. The Morgan fingerprint density at radius 3 is 1.32 bits per heavy atom. The van der Waals surface area contributed by atoms with Crippen LogP contribution < -0.4 is 3.97 Å². The van der Waals surface area contributed by atoms with Gasteiger partial charge in [0.25, 0.3) is 0 Å². The van der Waals surface area contributed by atoms with Gasteiger partial charge in [0.1, 0.15) is 0 Å². The number of rotatable bonds is 26. The number of halogens is 1. The summed E-state index contributed by atoms with van der Waals surface area (Å²) in [6.07, 6.45) is 30.5. The molecule has 0 aromatic carbocycles. The van der Waals surface area contributed by atoms with Crippen LogP contribution in [0.5, 0.6) is 0 Å². The predicted octanol–water partition coefficient (Wildman–Crippen LogP) is 9.86. The van der Waals surface area contributed by atoms with Crippen LogP contribution in [0.1, 0.15) is 173 Å². The van der Waals surface area contributed by atoms with Gasteiger partial charge in [-0.1, -0.05) is 153 Å². The van der Waals surface area contributed by atoms with Gasteiger partial charge >= 0.3 is 10.3 Å². The first-order valence-corrected chi connectivity index (χ1v) is 17.5. The maximum Gasteiger partial charge on any atom is 0.511 e. The fourth-order valence-electron chi connectivity index (χ4n) is 5.35. The number of hydrogen-bond acceptors (Lipinski definition) is 2. The Morgan fingerprint density at radius 2 is 0.947 bits per heavy atom. The summed E-state index contributed by atoms with van der Waals surface area (Å²) in [5.74, 6) is -0.459. The molecule has 0 aliphatic heterocycles. The molecule has 0 amide bonds. The zero-order valence-corrected chi connectivity index (χ0v) is 25.6. The highest BCUT2D eigenvalue weighted by Gasteiger charge is 2.28. The summed E-state index contributed by atoms with van der Waals surface area (Å²) in [5.41, 5.74) is 0.660. The van der Waals surface area contributed by atoms with Gasteiger partial charge in [0.15, 0.2) is 12.0 Å². The van der Waals surface area contributed by atoms with Gasteiger partial charge in [0.2, 0.25) is 5.69 Å². The lowest BCUT2D eigenvalue weighted by Crippen LogP contribution is -2.46. The molecule has 4 nitrogen and oxygen atoms in total. The summed E-state index contributed by atoms with van der Waals surface area (Å²) >= 11 is 0. The highest BCUT2D eigenvalue weighted by molar-refractivity contribution is 7.79. The van der Waals surface area contributed by atoms with Crippen molar-refractivity contribution in [3.05, 3.63) is 29.3 Å². The number of nitrogens with zero attached hydrogens (tertiary/aromatic N) is 1. The van der Waals surface area contributed by atoms with E-state index in [1.165, 1.54) is 128 Å². The molecular weight excluding hydrogens is 497 g/mol. The minimum absolute atomic E-state index is 0.0957. The Balaban J connectivity index is 2.30. The lowest BCUT2D eigenvalue weighted by molar-refractivity contribution is -0.531. The number of hydrogen-bond donors (Lipinski definition) is 1. The molecule has 0 aliphatic rings. The van der Waals surface area contributed by atoms with Crippen molar-refractivity contribution in [3.63, 3.8) is 0 Å². The maximum absolute atomic E-state index is 15.3. The summed E-state index contributed by atoms with van der Waals surface area (Å²) in [7, 11) is -4.51. The lowest BCUT2D eigenvalue weighted by atomic mass is 10.0. The van der Waals surface area contributed by atoms with Gasteiger partial charge in [0.05, 0.1) is 0 Å². The van der Waals surface area contributed by atoms with Gasteiger partial charge in [-0.15, -0.1) is 8.42 Å². The molecule has 1 aromatic rings. The second-order valence-electron chi connectivity index (χ2n) is 11.3. The highest BCUT2D eigenvalue weighted by Crippen LogP contribution is 2.18. The number of aryl methyl sites for hydroxylation is 1. The van der Waals surface area contributed by atoms with Crippen LogP contribution in [0, 0.1) is 5.82 Å². The highest BCUT2D eigenvalue weighted by atomic mass is 32.2. The van der Waals surface area contributed by atoms with E-state index in [0.29, 0.717) is 18.4 Å². The van der Waals surface area contributed by atoms with Gasteiger partial charge in [-0.2, -0.15) is 4.39 Å². The summed E-state index contributed by atoms with van der Waals surface area (Å²) in [6.45, 7) is 4.48. The van der Waals surface area contributed by atoms with Gasteiger partial charge in [-0.3, -0.25) is 0 Å². The molecule has 0 saturated carbocycles. The molecule has 222 valence electrons. The Labute approximate surface area is 235 Å². The van der Waals surface area contributed by atoms with E-state index in [0.717, 1.165) is 36.1 Å². The van der Waals surface area contributed by atoms with Crippen molar-refractivity contribution in [1.82, 2.24) is 0 Å². The summed E-state index contributed by atoms with van der Waals surface area (Å²) in [6, 6.07) is 1.52. The molecule has 1 heterocycles. The first-order chi connectivity index (χ1) is 18.4. The molecule has 0 spiro atoms. The second kappa shape index (κ2) is 22.8. The van der Waals surface area contributed by atoms with Crippen molar-refractivity contribution in [2.75, 3.05) is 0 Å². The fraction of sp³-hybridized carbons (Fsp3) is 0.844. The third-order valence-corrected chi connectivity index (χ3v) is 8.62. The Hall–Kier alpha value is -1.01. The summed E-state index contributed by atoms with van der Waals surface area (Å²) < 4.78 is 49.3. The van der Waals surface area contributed by atoms with Crippen LogP contribution in [0.15, 0.2) is 12.3 Å².